The quantitative estimate of drug-likeness (QED) is 0.186. The lowest BCUT2D eigenvalue weighted by Crippen LogP contribution is -2.54. The minimum atomic E-state index is -0.555. The third-order valence-corrected chi connectivity index (χ3v) is 5.89. The van der Waals surface area contributed by atoms with Gasteiger partial charge in [-0.15, -0.1) is 0 Å². The van der Waals surface area contributed by atoms with Crippen LogP contribution in [-0.2, 0) is 9.59 Å². The van der Waals surface area contributed by atoms with Gasteiger partial charge in [0.15, 0.2) is 5.11 Å². The number of hydrogen-bond acceptors (Lipinski definition) is 5. The maximum Gasteiger partial charge on any atom is 0.270 e. The molecule has 0 saturated carbocycles. The van der Waals surface area contributed by atoms with E-state index >= 15 is 0 Å². The number of thiocarbonyl (C=S) groups is 1. The number of ether oxygens (including phenoxy) is 2. The Bertz CT molecular complexity index is 1500. The molecule has 37 heavy (non-hydrogen) atoms. The molecule has 0 aromatic heterocycles. The molecular weight excluding hydrogens is 484 g/mol. The zero-order valence-electron chi connectivity index (χ0n) is 19.9. The molecule has 2 amide bonds. The minimum Gasteiger partial charge on any atom is -0.457 e. The number of para-hydroxylation sites is 1. The van der Waals surface area contributed by atoms with Crippen LogP contribution in [-0.4, -0.2) is 16.9 Å². The number of nitrogens with one attached hydrogen (secondary N) is 1. The van der Waals surface area contributed by atoms with Crippen LogP contribution in [0.4, 0.5) is 5.69 Å². The van der Waals surface area contributed by atoms with Gasteiger partial charge in [-0.1, -0.05) is 48.0 Å². The van der Waals surface area contributed by atoms with Gasteiger partial charge in [-0.3, -0.25) is 19.8 Å². The van der Waals surface area contributed by atoms with Gasteiger partial charge in [0.2, 0.25) is 0 Å². The number of carbonyl (C=O) groups is 2. The highest BCUT2D eigenvalue weighted by atomic mass is 32.1. The highest BCUT2D eigenvalue weighted by Crippen LogP contribution is 2.28. The molecule has 182 valence electrons. The van der Waals surface area contributed by atoms with Gasteiger partial charge >= 0.3 is 0 Å². The lowest BCUT2D eigenvalue weighted by atomic mass is 10.1. The van der Waals surface area contributed by atoms with Crippen molar-refractivity contribution in [3.8, 4) is 23.0 Å². The zero-order valence-corrected chi connectivity index (χ0v) is 20.7. The van der Waals surface area contributed by atoms with Crippen molar-refractivity contribution in [3.63, 3.8) is 0 Å². The minimum absolute atomic E-state index is 0.0142. The second-order valence-electron chi connectivity index (χ2n) is 8.35. The summed E-state index contributed by atoms with van der Waals surface area (Å²) in [6.45, 7) is 2.00. The molecule has 0 unspecified atom stereocenters. The summed E-state index contributed by atoms with van der Waals surface area (Å²) in [6, 6.07) is 31.2. The standard InChI is InChI=1S/C30H22N2O4S/c1-20-10-14-24(15-11-20)36-26-9-5-6-21(18-26)19-27-28(33)31-30(37)32(29(27)34)22-12-16-25(17-13-22)35-23-7-3-2-4-8-23/h2-19H,1H3,(H,31,33,37). The molecule has 0 bridgehead atoms. The summed E-state index contributed by atoms with van der Waals surface area (Å²) in [7, 11) is 0. The molecule has 1 aliphatic heterocycles. The van der Waals surface area contributed by atoms with Crippen molar-refractivity contribution in [2.75, 3.05) is 4.90 Å². The Morgan fingerprint density at radius 1 is 0.730 bits per heavy atom. The third-order valence-electron chi connectivity index (χ3n) is 5.60. The average Bonchev–Trinajstić information content (AvgIpc) is 2.90. The van der Waals surface area contributed by atoms with E-state index in [4.69, 9.17) is 21.7 Å². The first-order chi connectivity index (χ1) is 18.0. The van der Waals surface area contributed by atoms with Crippen molar-refractivity contribution in [3.05, 3.63) is 120 Å². The summed E-state index contributed by atoms with van der Waals surface area (Å²) in [5.74, 6) is 1.51. The SMILES string of the molecule is Cc1ccc(Oc2cccc(C=C3C(=O)NC(=S)N(c4ccc(Oc5ccccc5)cc4)C3=O)c2)cc1. The Labute approximate surface area is 219 Å². The van der Waals surface area contributed by atoms with Gasteiger partial charge in [0, 0.05) is 0 Å². The van der Waals surface area contributed by atoms with Crippen LogP contribution in [0.3, 0.4) is 0 Å². The summed E-state index contributed by atoms with van der Waals surface area (Å²) in [6.07, 6.45) is 1.53. The van der Waals surface area contributed by atoms with Crippen molar-refractivity contribution in [2.24, 2.45) is 0 Å². The predicted molar refractivity (Wildman–Crippen MR) is 147 cm³/mol. The molecule has 1 heterocycles. The Kier molecular flexibility index (Phi) is 6.78. The van der Waals surface area contributed by atoms with E-state index in [0.717, 1.165) is 5.56 Å². The molecule has 0 spiro atoms. The molecule has 4 aromatic carbocycles. The van der Waals surface area contributed by atoms with Gasteiger partial charge in [-0.2, -0.15) is 0 Å². The van der Waals surface area contributed by atoms with E-state index in [2.05, 4.69) is 5.32 Å². The van der Waals surface area contributed by atoms with Crippen molar-refractivity contribution < 1.29 is 19.1 Å². The van der Waals surface area contributed by atoms with Crippen LogP contribution >= 0.6 is 12.2 Å². The fraction of sp³-hybridized carbons (Fsp3) is 0.0333. The smallest absolute Gasteiger partial charge is 0.270 e. The number of aryl methyl sites for hydroxylation is 1. The number of benzene rings is 4. The molecule has 1 aliphatic rings. The Morgan fingerprint density at radius 2 is 1.32 bits per heavy atom. The number of hydrogen-bond donors (Lipinski definition) is 1. The van der Waals surface area contributed by atoms with Gasteiger partial charge in [-0.05, 0) is 91.4 Å². The van der Waals surface area contributed by atoms with E-state index in [9.17, 15) is 9.59 Å². The fourth-order valence-corrected chi connectivity index (χ4v) is 4.04. The van der Waals surface area contributed by atoms with Crippen molar-refractivity contribution >= 4 is 40.9 Å². The van der Waals surface area contributed by atoms with Gasteiger partial charge in [0.1, 0.15) is 28.6 Å². The fourth-order valence-electron chi connectivity index (χ4n) is 3.76. The van der Waals surface area contributed by atoms with E-state index in [0.29, 0.717) is 34.2 Å². The number of nitrogens with zero attached hydrogens (tertiary/aromatic N) is 1. The monoisotopic (exact) mass is 506 g/mol. The van der Waals surface area contributed by atoms with Crippen LogP contribution in [0.15, 0.2) is 109 Å². The lowest BCUT2D eigenvalue weighted by molar-refractivity contribution is -0.122. The highest BCUT2D eigenvalue weighted by molar-refractivity contribution is 7.80. The first kappa shape index (κ1) is 24.0. The second kappa shape index (κ2) is 10.5. The maximum atomic E-state index is 13.4. The van der Waals surface area contributed by atoms with Crippen LogP contribution in [0.25, 0.3) is 6.08 Å². The molecular formula is C30H22N2O4S. The molecule has 0 radical (unpaired) electrons. The molecule has 1 fully saturated rings. The number of carbonyl (C=O) groups excluding carboxylic acids is 2. The van der Waals surface area contributed by atoms with Crippen LogP contribution < -0.4 is 19.7 Å². The summed E-state index contributed by atoms with van der Waals surface area (Å²) in [5, 5.41) is 2.62. The molecule has 6 nitrogen and oxygen atoms in total. The molecule has 0 aliphatic carbocycles. The van der Waals surface area contributed by atoms with Crippen LogP contribution in [0, 0.1) is 6.92 Å². The van der Waals surface area contributed by atoms with Gasteiger partial charge in [-0.25, -0.2) is 0 Å². The third kappa shape index (κ3) is 5.58. The van der Waals surface area contributed by atoms with Crippen molar-refractivity contribution in [2.45, 2.75) is 6.92 Å². The second-order valence-corrected chi connectivity index (χ2v) is 8.74. The molecule has 1 N–H and O–H groups in total. The summed E-state index contributed by atoms with van der Waals surface area (Å²) >= 11 is 5.32. The van der Waals surface area contributed by atoms with Gasteiger partial charge < -0.3 is 9.47 Å². The molecule has 1 saturated heterocycles. The Hall–Kier alpha value is -4.75. The first-order valence-corrected chi connectivity index (χ1v) is 12.0. The highest BCUT2D eigenvalue weighted by Gasteiger charge is 2.34. The number of amides is 2. The molecule has 4 aromatic rings. The van der Waals surface area contributed by atoms with Crippen molar-refractivity contribution in [1.82, 2.24) is 5.32 Å². The van der Waals surface area contributed by atoms with Gasteiger partial charge in [0.05, 0.1) is 5.69 Å². The maximum absolute atomic E-state index is 13.4. The van der Waals surface area contributed by atoms with E-state index < -0.39 is 11.8 Å². The van der Waals surface area contributed by atoms with Crippen LogP contribution in [0.5, 0.6) is 23.0 Å². The van der Waals surface area contributed by atoms with E-state index in [1.807, 2.05) is 67.6 Å². The zero-order chi connectivity index (χ0) is 25.8. The summed E-state index contributed by atoms with van der Waals surface area (Å²) in [4.78, 5) is 27.4. The Morgan fingerprint density at radius 3 is 2.03 bits per heavy atom. The summed E-state index contributed by atoms with van der Waals surface area (Å²) < 4.78 is 11.7. The average molecular weight is 507 g/mol. The Balaban J connectivity index is 1.37. The normalized spacial score (nSPS) is 14.5. The number of rotatable bonds is 6. The molecule has 0 atom stereocenters. The summed E-state index contributed by atoms with van der Waals surface area (Å²) in [5.41, 5.74) is 2.25. The van der Waals surface area contributed by atoms with E-state index in [-0.39, 0.29) is 10.7 Å². The number of anilines is 1. The molecule has 5 rings (SSSR count). The molecule has 7 heteroatoms. The van der Waals surface area contributed by atoms with E-state index in [1.165, 1.54) is 11.0 Å². The van der Waals surface area contributed by atoms with E-state index in [1.54, 1.807) is 42.5 Å². The van der Waals surface area contributed by atoms with Crippen LogP contribution in [0.2, 0.25) is 0 Å². The first-order valence-electron chi connectivity index (χ1n) is 11.6. The van der Waals surface area contributed by atoms with Crippen molar-refractivity contribution in [1.29, 1.82) is 0 Å². The van der Waals surface area contributed by atoms with Gasteiger partial charge in [0.25, 0.3) is 11.8 Å². The van der Waals surface area contributed by atoms with Crippen LogP contribution in [0.1, 0.15) is 11.1 Å². The largest absolute Gasteiger partial charge is 0.457 e. The topological polar surface area (TPSA) is 67.9 Å². The lowest BCUT2D eigenvalue weighted by Gasteiger charge is -2.29. The predicted octanol–water partition coefficient (Wildman–Crippen LogP) is 6.41.